The van der Waals surface area contributed by atoms with E-state index >= 15 is 0 Å². The molecule has 2 aromatic rings. The van der Waals surface area contributed by atoms with E-state index in [1.165, 1.54) is 5.56 Å². The number of amides is 1. The minimum Gasteiger partial charge on any atom is -0.497 e. The zero-order valence-electron chi connectivity index (χ0n) is 22.3. The molecule has 0 aromatic heterocycles. The maximum atomic E-state index is 13.3. The highest BCUT2D eigenvalue weighted by Crippen LogP contribution is 2.38. The van der Waals surface area contributed by atoms with Gasteiger partial charge in [-0.25, -0.2) is 0 Å². The van der Waals surface area contributed by atoms with Crippen LogP contribution in [0.25, 0.3) is 0 Å². The monoisotopic (exact) mass is 524 g/mol. The van der Waals surface area contributed by atoms with Gasteiger partial charge in [0.05, 0.1) is 18.6 Å². The molecule has 4 rings (SSSR count). The molecule has 2 aliphatic heterocycles. The molecule has 1 amide bonds. The lowest BCUT2D eigenvalue weighted by molar-refractivity contribution is -0.165. The quantitative estimate of drug-likeness (QED) is 0.593. The third-order valence-corrected chi connectivity index (χ3v) is 7.98. The second-order valence-corrected chi connectivity index (χ2v) is 10.5. The average Bonchev–Trinajstić information content (AvgIpc) is 2.96. The number of nitrogens with zero attached hydrogens (tertiary/aromatic N) is 2. The molecule has 2 atom stereocenters. The van der Waals surface area contributed by atoms with Gasteiger partial charge in [0.1, 0.15) is 18.5 Å². The Morgan fingerprint density at radius 3 is 2.34 bits per heavy atom. The molecule has 1 spiro atoms. The number of hydrogen-bond donors (Lipinski definition) is 2. The highest BCUT2D eigenvalue weighted by Gasteiger charge is 2.42. The van der Waals surface area contributed by atoms with Gasteiger partial charge in [-0.3, -0.25) is 14.5 Å². The molecule has 2 saturated heterocycles. The van der Waals surface area contributed by atoms with Gasteiger partial charge in [0, 0.05) is 25.2 Å². The van der Waals surface area contributed by atoms with Crippen LogP contribution in [0, 0.1) is 5.41 Å². The predicted octanol–water partition coefficient (Wildman–Crippen LogP) is 3.26. The average molecular weight is 525 g/mol. The Hall–Kier alpha value is -2.94. The van der Waals surface area contributed by atoms with E-state index in [1.54, 1.807) is 36.3 Å². The molecule has 2 N–H and O–H groups in total. The number of likely N-dealkylation sites (tertiary alicyclic amines) is 1. The fraction of sp³-hybridized carbons (Fsp3) is 0.533. The molecule has 0 saturated carbocycles. The predicted molar refractivity (Wildman–Crippen MR) is 144 cm³/mol. The van der Waals surface area contributed by atoms with Gasteiger partial charge in [0.2, 0.25) is 0 Å². The van der Waals surface area contributed by atoms with E-state index in [0.717, 1.165) is 32.5 Å². The fourth-order valence-electron chi connectivity index (χ4n) is 5.44. The topological polar surface area (TPSA) is 99.5 Å². The highest BCUT2D eigenvalue weighted by molar-refractivity contribution is 5.94. The summed E-state index contributed by atoms with van der Waals surface area (Å²) in [5.41, 5.74) is 1.18. The molecule has 8 nitrogen and oxygen atoms in total. The van der Waals surface area contributed by atoms with Crippen molar-refractivity contribution in [2.75, 3.05) is 39.9 Å². The van der Waals surface area contributed by atoms with Gasteiger partial charge in [-0.15, -0.1) is 0 Å². The molecule has 0 unspecified atom stereocenters. The standard InChI is InChI=1S/C30H40N2O6/c1-37-25-11-9-24(10-12-25)28(35)32-17-6-5-14-30(29(36)38-22-27(34)26(33)13-18-32)15-19-31(20-16-30)21-23-7-3-2-4-8-23/h2-4,7-12,26-27,33-34H,5-6,13-22H2,1H3/t26-,27+/m0/s1. The lowest BCUT2D eigenvalue weighted by Crippen LogP contribution is -2.45. The smallest absolute Gasteiger partial charge is 0.312 e. The second-order valence-electron chi connectivity index (χ2n) is 10.5. The fourth-order valence-corrected chi connectivity index (χ4v) is 5.44. The van der Waals surface area contributed by atoms with Crippen molar-refractivity contribution in [3.05, 3.63) is 65.7 Å². The van der Waals surface area contributed by atoms with Crippen LogP contribution in [0.3, 0.4) is 0 Å². The molecule has 2 fully saturated rings. The number of esters is 1. The number of carbonyl (C=O) groups excluding carboxylic acids is 2. The molecular formula is C30H40N2O6. The molecule has 0 aliphatic carbocycles. The molecule has 0 radical (unpaired) electrons. The number of aliphatic hydroxyl groups is 2. The molecule has 38 heavy (non-hydrogen) atoms. The van der Waals surface area contributed by atoms with Crippen molar-refractivity contribution < 1.29 is 29.3 Å². The normalized spacial score (nSPS) is 23.6. The van der Waals surface area contributed by atoms with Crippen LogP contribution in [0.2, 0.25) is 0 Å². The lowest BCUT2D eigenvalue weighted by atomic mass is 9.74. The van der Waals surface area contributed by atoms with Crippen LogP contribution >= 0.6 is 0 Å². The molecular weight excluding hydrogens is 484 g/mol. The van der Waals surface area contributed by atoms with Gasteiger partial charge < -0.3 is 24.6 Å². The number of rotatable bonds is 4. The van der Waals surface area contributed by atoms with E-state index < -0.39 is 17.6 Å². The zero-order chi connectivity index (χ0) is 27.0. The molecule has 2 aliphatic rings. The number of hydrogen-bond acceptors (Lipinski definition) is 7. The summed E-state index contributed by atoms with van der Waals surface area (Å²) < 4.78 is 10.8. The maximum Gasteiger partial charge on any atom is 0.312 e. The van der Waals surface area contributed by atoms with Crippen LogP contribution in [-0.4, -0.2) is 84.0 Å². The van der Waals surface area contributed by atoms with Gasteiger partial charge in [0.15, 0.2) is 0 Å². The van der Waals surface area contributed by atoms with Crippen LogP contribution < -0.4 is 4.74 Å². The Morgan fingerprint density at radius 1 is 0.947 bits per heavy atom. The van der Waals surface area contributed by atoms with E-state index in [-0.39, 0.29) is 24.9 Å². The van der Waals surface area contributed by atoms with Crippen LogP contribution in [0.1, 0.15) is 54.4 Å². The third kappa shape index (κ3) is 7.12. The van der Waals surface area contributed by atoms with Crippen molar-refractivity contribution in [3.63, 3.8) is 0 Å². The van der Waals surface area contributed by atoms with Crippen LogP contribution in [0.15, 0.2) is 54.6 Å². The van der Waals surface area contributed by atoms with Gasteiger partial charge in [0.25, 0.3) is 5.91 Å². The summed E-state index contributed by atoms with van der Waals surface area (Å²) in [4.78, 5) is 30.7. The van der Waals surface area contributed by atoms with Crippen LogP contribution in [-0.2, 0) is 16.1 Å². The first-order valence-electron chi connectivity index (χ1n) is 13.6. The minimum atomic E-state index is -1.20. The maximum absolute atomic E-state index is 13.3. The third-order valence-electron chi connectivity index (χ3n) is 7.98. The number of methoxy groups -OCH3 is 1. The first kappa shape index (κ1) is 28.1. The molecule has 8 heteroatoms. The van der Waals surface area contributed by atoms with E-state index in [0.29, 0.717) is 43.7 Å². The van der Waals surface area contributed by atoms with Crippen molar-refractivity contribution >= 4 is 11.9 Å². The van der Waals surface area contributed by atoms with E-state index in [4.69, 9.17) is 9.47 Å². The Labute approximate surface area is 225 Å². The first-order valence-corrected chi connectivity index (χ1v) is 13.6. The van der Waals surface area contributed by atoms with Crippen LogP contribution in [0.4, 0.5) is 0 Å². The van der Waals surface area contributed by atoms with Gasteiger partial charge in [-0.1, -0.05) is 36.8 Å². The highest BCUT2D eigenvalue weighted by atomic mass is 16.5. The number of benzene rings is 2. The van der Waals surface area contributed by atoms with Gasteiger partial charge in [-0.2, -0.15) is 0 Å². The van der Waals surface area contributed by atoms with Crippen molar-refractivity contribution in [3.8, 4) is 5.75 Å². The number of carbonyl (C=O) groups is 2. The van der Waals surface area contributed by atoms with Crippen molar-refractivity contribution in [1.29, 1.82) is 0 Å². The van der Waals surface area contributed by atoms with Crippen molar-refractivity contribution in [2.45, 2.75) is 57.3 Å². The summed E-state index contributed by atoms with van der Waals surface area (Å²) in [5.74, 6) is 0.267. The SMILES string of the molecule is COc1ccc(C(=O)N2CCCCC3(CCN(Cc4ccccc4)CC3)C(=O)OC[C@@H](O)[C@@H](O)CC2)cc1. The summed E-state index contributed by atoms with van der Waals surface area (Å²) in [7, 11) is 1.58. The van der Waals surface area contributed by atoms with Gasteiger partial charge >= 0.3 is 5.97 Å². The van der Waals surface area contributed by atoms with E-state index in [1.807, 2.05) is 18.2 Å². The Balaban J connectivity index is 1.43. The van der Waals surface area contributed by atoms with Crippen LogP contribution in [0.5, 0.6) is 5.75 Å². The first-order chi connectivity index (χ1) is 18.4. The molecule has 206 valence electrons. The van der Waals surface area contributed by atoms with Crippen molar-refractivity contribution in [2.24, 2.45) is 5.41 Å². The summed E-state index contributed by atoms with van der Waals surface area (Å²) >= 11 is 0. The Morgan fingerprint density at radius 2 is 1.66 bits per heavy atom. The number of aliphatic hydroxyl groups excluding tert-OH is 2. The van der Waals surface area contributed by atoms with E-state index in [9.17, 15) is 19.8 Å². The summed E-state index contributed by atoms with van der Waals surface area (Å²) in [5, 5.41) is 21.0. The Bertz CT molecular complexity index is 1040. The summed E-state index contributed by atoms with van der Waals surface area (Å²) in [6.45, 7) is 2.99. The zero-order valence-corrected chi connectivity index (χ0v) is 22.3. The second kappa shape index (κ2) is 13.2. The summed E-state index contributed by atoms with van der Waals surface area (Å²) in [6.07, 6.45) is 1.46. The van der Waals surface area contributed by atoms with E-state index in [2.05, 4.69) is 17.0 Å². The Kier molecular flexibility index (Phi) is 9.77. The van der Waals surface area contributed by atoms with Crippen molar-refractivity contribution in [1.82, 2.24) is 9.80 Å². The lowest BCUT2D eigenvalue weighted by Gasteiger charge is -2.40. The molecule has 2 aromatic carbocycles. The summed E-state index contributed by atoms with van der Waals surface area (Å²) in [6, 6.07) is 17.3. The molecule has 0 bridgehead atoms. The largest absolute Gasteiger partial charge is 0.497 e. The number of ether oxygens (including phenoxy) is 2. The minimum absolute atomic E-state index is 0.125. The number of piperidine rings is 1. The number of cyclic esters (lactones) is 1. The van der Waals surface area contributed by atoms with Gasteiger partial charge in [-0.05, 0) is 75.0 Å². The molecule has 2 heterocycles.